The van der Waals surface area contributed by atoms with E-state index >= 15 is 0 Å². The van der Waals surface area contributed by atoms with E-state index in [1.807, 2.05) is 29.6 Å². The molecule has 0 aliphatic carbocycles. The maximum atomic E-state index is 5.87. The van der Waals surface area contributed by atoms with Crippen molar-refractivity contribution in [3.8, 4) is 0 Å². The van der Waals surface area contributed by atoms with Crippen molar-refractivity contribution in [1.29, 1.82) is 0 Å². The molecular formula is C15H16N4S. The van der Waals surface area contributed by atoms with Crippen LogP contribution in [0.2, 0.25) is 0 Å². The largest absolute Gasteiger partial charge is 0.399 e. The minimum Gasteiger partial charge on any atom is -0.399 e. The molecular weight excluding hydrogens is 268 g/mol. The second-order valence-electron chi connectivity index (χ2n) is 4.79. The molecule has 0 saturated carbocycles. The fraction of sp³-hybridized carbons (Fsp3) is 0.200. The lowest BCUT2D eigenvalue weighted by molar-refractivity contribution is 0.732. The topological polar surface area (TPSA) is 55.0 Å². The van der Waals surface area contributed by atoms with E-state index in [9.17, 15) is 0 Å². The van der Waals surface area contributed by atoms with E-state index in [0.29, 0.717) is 0 Å². The highest BCUT2D eigenvalue weighted by Gasteiger charge is 2.16. The molecule has 1 unspecified atom stereocenters. The molecule has 4 nitrogen and oxygen atoms in total. The summed E-state index contributed by atoms with van der Waals surface area (Å²) in [5.74, 6) is 0.958. The Morgan fingerprint density at radius 2 is 2.10 bits per heavy atom. The molecule has 102 valence electrons. The van der Waals surface area contributed by atoms with Crippen LogP contribution in [-0.2, 0) is 0 Å². The number of rotatable bonds is 3. The summed E-state index contributed by atoms with van der Waals surface area (Å²) in [5, 5.41) is 2.04. The summed E-state index contributed by atoms with van der Waals surface area (Å²) >= 11 is 1.67. The van der Waals surface area contributed by atoms with Crippen molar-refractivity contribution in [1.82, 2.24) is 9.97 Å². The van der Waals surface area contributed by atoms with Crippen LogP contribution in [0, 0.1) is 0 Å². The van der Waals surface area contributed by atoms with Gasteiger partial charge in [-0.3, -0.25) is 0 Å². The minimum atomic E-state index is 0.193. The summed E-state index contributed by atoms with van der Waals surface area (Å²) in [4.78, 5) is 10.9. The predicted molar refractivity (Wildman–Crippen MR) is 85.1 cm³/mol. The molecule has 2 aromatic heterocycles. The fourth-order valence-corrected chi connectivity index (χ4v) is 3.13. The number of anilines is 2. The first-order valence-corrected chi connectivity index (χ1v) is 7.31. The molecule has 5 heteroatoms. The van der Waals surface area contributed by atoms with Gasteiger partial charge in [0.05, 0.1) is 16.3 Å². The monoisotopic (exact) mass is 284 g/mol. The van der Waals surface area contributed by atoms with E-state index in [1.54, 1.807) is 17.7 Å². The van der Waals surface area contributed by atoms with Gasteiger partial charge in [-0.2, -0.15) is 0 Å². The molecule has 0 bridgehead atoms. The number of hydrogen-bond donors (Lipinski definition) is 1. The van der Waals surface area contributed by atoms with Crippen molar-refractivity contribution < 1.29 is 0 Å². The highest BCUT2D eigenvalue weighted by molar-refractivity contribution is 7.17. The van der Waals surface area contributed by atoms with Crippen molar-refractivity contribution in [2.24, 2.45) is 0 Å². The standard InChI is InChI=1S/C15H16N4S/c1-10(11-4-3-5-12(16)8-11)19(2)15-14-13(6-7-20-14)17-9-18-15/h3-10H,16H2,1-2H3. The fourth-order valence-electron chi connectivity index (χ4n) is 2.25. The molecule has 2 N–H and O–H groups in total. The molecule has 1 atom stereocenters. The number of nitrogen functional groups attached to an aromatic ring is 1. The number of benzene rings is 1. The molecule has 0 saturated heterocycles. The van der Waals surface area contributed by atoms with Crippen LogP contribution in [0.15, 0.2) is 42.0 Å². The molecule has 0 fully saturated rings. The zero-order valence-electron chi connectivity index (χ0n) is 11.4. The van der Waals surface area contributed by atoms with Crippen molar-refractivity contribution in [2.75, 3.05) is 17.7 Å². The number of nitrogens with zero attached hydrogens (tertiary/aromatic N) is 3. The third kappa shape index (κ3) is 2.20. The van der Waals surface area contributed by atoms with Gasteiger partial charge >= 0.3 is 0 Å². The molecule has 3 rings (SSSR count). The van der Waals surface area contributed by atoms with Gasteiger partial charge in [0.15, 0.2) is 0 Å². The molecule has 0 aliphatic rings. The minimum absolute atomic E-state index is 0.193. The first-order valence-electron chi connectivity index (χ1n) is 6.43. The smallest absolute Gasteiger partial charge is 0.150 e. The van der Waals surface area contributed by atoms with Crippen LogP contribution in [0.3, 0.4) is 0 Å². The van der Waals surface area contributed by atoms with Crippen molar-refractivity contribution in [2.45, 2.75) is 13.0 Å². The summed E-state index contributed by atoms with van der Waals surface area (Å²) in [5.41, 5.74) is 8.82. The highest BCUT2D eigenvalue weighted by atomic mass is 32.1. The Balaban J connectivity index is 1.99. The van der Waals surface area contributed by atoms with Crippen molar-refractivity contribution >= 4 is 33.1 Å². The van der Waals surface area contributed by atoms with Crippen molar-refractivity contribution in [3.63, 3.8) is 0 Å². The summed E-state index contributed by atoms with van der Waals surface area (Å²) in [6.45, 7) is 2.15. The lowest BCUT2D eigenvalue weighted by atomic mass is 10.1. The van der Waals surface area contributed by atoms with Crippen molar-refractivity contribution in [3.05, 3.63) is 47.6 Å². The average Bonchev–Trinajstić information content (AvgIpc) is 2.94. The van der Waals surface area contributed by atoms with Crippen LogP contribution < -0.4 is 10.6 Å². The Kier molecular flexibility index (Phi) is 3.28. The Morgan fingerprint density at radius 1 is 1.25 bits per heavy atom. The van der Waals surface area contributed by atoms with Gasteiger partial charge < -0.3 is 10.6 Å². The third-order valence-corrected chi connectivity index (χ3v) is 4.43. The van der Waals surface area contributed by atoms with E-state index in [1.165, 1.54) is 5.56 Å². The Morgan fingerprint density at radius 3 is 2.90 bits per heavy atom. The van der Waals surface area contributed by atoms with Crippen LogP contribution >= 0.6 is 11.3 Å². The summed E-state index contributed by atoms with van der Waals surface area (Å²) in [7, 11) is 2.05. The van der Waals surface area contributed by atoms with E-state index in [2.05, 4.69) is 34.9 Å². The van der Waals surface area contributed by atoms with Gasteiger partial charge in [0.25, 0.3) is 0 Å². The zero-order chi connectivity index (χ0) is 14.1. The van der Waals surface area contributed by atoms with Crippen LogP contribution in [0.5, 0.6) is 0 Å². The van der Waals surface area contributed by atoms with Crippen LogP contribution in [-0.4, -0.2) is 17.0 Å². The van der Waals surface area contributed by atoms with Crippen LogP contribution in [0.25, 0.3) is 10.2 Å². The summed E-state index contributed by atoms with van der Waals surface area (Å²) in [6.07, 6.45) is 1.62. The predicted octanol–water partition coefficient (Wildman–Crippen LogP) is 3.47. The average molecular weight is 284 g/mol. The quantitative estimate of drug-likeness (QED) is 0.748. The molecule has 0 aliphatic heterocycles. The lowest BCUT2D eigenvalue weighted by Gasteiger charge is -2.26. The SMILES string of the molecule is CC(c1cccc(N)c1)N(C)c1ncnc2ccsc12. The second kappa shape index (κ2) is 5.09. The Bertz CT molecular complexity index is 737. The van der Waals surface area contributed by atoms with Gasteiger partial charge in [-0.05, 0) is 36.1 Å². The van der Waals surface area contributed by atoms with Gasteiger partial charge in [0.1, 0.15) is 12.1 Å². The van der Waals surface area contributed by atoms with Gasteiger partial charge in [-0.25, -0.2) is 9.97 Å². The maximum absolute atomic E-state index is 5.87. The van der Waals surface area contributed by atoms with E-state index in [4.69, 9.17) is 5.73 Å². The number of hydrogen-bond acceptors (Lipinski definition) is 5. The van der Waals surface area contributed by atoms with Gasteiger partial charge in [-0.15, -0.1) is 11.3 Å². The third-order valence-electron chi connectivity index (χ3n) is 3.53. The van der Waals surface area contributed by atoms with Gasteiger partial charge in [0.2, 0.25) is 0 Å². The first kappa shape index (κ1) is 12.9. The van der Waals surface area contributed by atoms with E-state index in [0.717, 1.165) is 21.7 Å². The summed E-state index contributed by atoms with van der Waals surface area (Å²) < 4.78 is 1.12. The lowest BCUT2D eigenvalue weighted by Crippen LogP contribution is -2.22. The molecule has 20 heavy (non-hydrogen) atoms. The van der Waals surface area contributed by atoms with Crippen LogP contribution in [0.4, 0.5) is 11.5 Å². The van der Waals surface area contributed by atoms with Crippen LogP contribution in [0.1, 0.15) is 18.5 Å². The van der Waals surface area contributed by atoms with Gasteiger partial charge in [-0.1, -0.05) is 12.1 Å². The molecule has 0 radical (unpaired) electrons. The molecule has 0 amide bonds. The first-order chi connectivity index (χ1) is 9.66. The van der Waals surface area contributed by atoms with E-state index in [-0.39, 0.29) is 6.04 Å². The highest BCUT2D eigenvalue weighted by Crippen LogP contribution is 2.32. The van der Waals surface area contributed by atoms with E-state index < -0.39 is 0 Å². The summed E-state index contributed by atoms with van der Waals surface area (Å²) in [6, 6.07) is 10.2. The Hall–Kier alpha value is -2.14. The zero-order valence-corrected chi connectivity index (χ0v) is 12.3. The normalized spacial score (nSPS) is 12.5. The molecule has 3 aromatic rings. The number of thiophene rings is 1. The second-order valence-corrected chi connectivity index (χ2v) is 5.71. The van der Waals surface area contributed by atoms with Gasteiger partial charge in [0, 0.05) is 12.7 Å². The maximum Gasteiger partial charge on any atom is 0.150 e. The number of nitrogens with two attached hydrogens (primary N) is 1. The molecule has 2 heterocycles. The molecule has 0 spiro atoms. The number of aromatic nitrogens is 2. The molecule has 1 aromatic carbocycles. The Labute approximate surface area is 121 Å². The number of fused-ring (bicyclic) bond motifs is 1.